The zero-order valence-electron chi connectivity index (χ0n) is 11.5. The van der Waals surface area contributed by atoms with Gasteiger partial charge in [-0.05, 0) is 36.5 Å². The highest BCUT2D eigenvalue weighted by atomic mass is 32.2. The summed E-state index contributed by atoms with van der Waals surface area (Å²) < 4.78 is 26.4. The van der Waals surface area contributed by atoms with Gasteiger partial charge < -0.3 is 5.11 Å². The molecule has 0 saturated carbocycles. The van der Waals surface area contributed by atoms with Crippen molar-refractivity contribution in [1.82, 2.24) is 0 Å². The van der Waals surface area contributed by atoms with Crippen LogP contribution in [0.2, 0.25) is 0 Å². The van der Waals surface area contributed by atoms with Crippen molar-refractivity contribution in [2.24, 2.45) is 5.41 Å². The Morgan fingerprint density at radius 1 is 1.22 bits per heavy atom. The molecule has 0 spiro atoms. The average molecular weight is 271 g/mol. The number of hydrogen-bond acceptors (Lipinski definition) is 3. The van der Waals surface area contributed by atoms with Crippen LogP contribution in [0.4, 0.5) is 5.69 Å². The molecule has 0 aliphatic heterocycles. The van der Waals surface area contributed by atoms with Gasteiger partial charge in [0, 0.05) is 0 Å². The fourth-order valence-corrected chi connectivity index (χ4v) is 3.51. The number of aromatic hydroxyl groups is 1. The zero-order valence-corrected chi connectivity index (χ0v) is 12.4. The van der Waals surface area contributed by atoms with E-state index < -0.39 is 10.0 Å². The van der Waals surface area contributed by atoms with Gasteiger partial charge in [0.2, 0.25) is 10.0 Å². The van der Waals surface area contributed by atoms with Gasteiger partial charge in [0.25, 0.3) is 0 Å². The van der Waals surface area contributed by atoms with Crippen molar-refractivity contribution >= 4 is 15.7 Å². The number of sulfonamides is 1. The average Bonchev–Trinajstić information content (AvgIpc) is 2.08. The summed E-state index contributed by atoms with van der Waals surface area (Å²) in [5.74, 6) is -0.00928. The molecule has 0 aliphatic carbocycles. The minimum atomic E-state index is -3.46. The lowest BCUT2D eigenvalue weighted by Gasteiger charge is -2.19. The first-order chi connectivity index (χ1) is 8.00. The predicted molar refractivity (Wildman–Crippen MR) is 74.4 cm³/mol. The zero-order chi connectivity index (χ0) is 14.1. The lowest BCUT2D eigenvalue weighted by atomic mass is 10.0. The molecule has 4 nitrogen and oxygen atoms in total. The predicted octanol–water partition coefficient (Wildman–Crippen LogP) is 2.80. The van der Waals surface area contributed by atoms with Gasteiger partial charge in [-0.25, -0.2) is 8.42 Å². The van der Waals surface area contributed by atoms with Gasteiger partial charge in [-0.2, -0.15) is 0 Å². The van der Waals surface area contributed by atoms with Gasteiger partial charge in [0.15, 0.2) is 0 Å². The number of phenolic OH excluding ortho intramolecular Hbond substituents is 1. The van der Waals surface area contributed by atoms with Crippen molar-refractivity contribution in [2.75, 3.05) is 10.5 Å². The Morgan fingerprint density at radius 3 is 2.28 bits per heavy atom. The van der Waals surface area contributed by atoms with Crippen molar-refractivity contribution in [3.8, 4) is 5.75 Å². The molecule has 2 N–H and O–H groups in total. The van der Waals surface area contributed by atoms with Gasteiger partial charge in [0.05, 0.1) is 11.4 Å². The van der Waals surface area contributed by atoms with Crippen molar-refractivity contribution in [3.63, 3.8) is 0 Å². The molecule has 1 aromatic carbocycles. The minimum Gasteiger partial charge on any atom is -0.505 e. The number of benzene rings is 1. The van der Waals surface area contributed by atoms with Crippen LogP contribution in [0.15, 0.2) is 12.1 Å². The topological polar surface area (TPSA) is 66.4 Å². The number of aryl methyl sites for hydroxylation is 2. The van der Waals surface area contributed by atoms with Crippen LogP contribution in [-0.4, -0.2) is 19.3 Å². The molecular weight excluding hydrogens is 250 g/mol. The van der Waals surface area contributed by atoms with E-state index in [9.17, 15) is 13.5 Å². The Kier molecular flexibility index (Phi) is 3.96. The van der Waals surface area contributed by atoms with E-state index in [-0.39, 0.29) is 22.6 Å². The van der Waals surface area contributed by atoms with E-state index in [4.69, 9.17) is 0 Å². The molecule has 0 radical (unpaired) electrons. The third-order valence-corrected chi connectivity index (χ3v) is 4.11. The minimum absolute atomic E-state index is 0.00638. The smallest absolute Gasteiger partial charge is 0.233 e. The molecule has 0 heterocycles. The molecule has 5 heteroatoms. The molecule has 0 aliphatic rings. The third kappa shape index (κ3) is 4.22. The number of phenols is 1. The van der Waals surface area contributed by atoms with Crippen molar-refractivity contribution in [2.45, 2.75) is 34.6 Å². The molecule has 0 amide bonds. The first-order valence-electron chi connectivity index (χ1n) is 5.81. The summed E-state index contributed by atoms with van der Waals surface area (Å²) in [5.41, 5.74) is 1.47. The third-order valence-electron chi connectivity index (χ3n) is 2.33. The van der Waals surface area contributed by atoms with E-state index in [0.29, 0.717) is 5.56 Å². The molecule has 18 heavy (non-hydrogen) atoms. The molecule has 0 unspecified atom stereocenters. The number of nitrogens with one attached hydrogen (secondary N) is 1. The van der Waals surface area contributed by atoms with Gasteiger partial charge in [0.1, 0.15) is 5.75 Å². The van der Waals surface area contributed by atoms with E-state index in [0.717, 1.165) is 5.56 Å². The standard InChI is InChI=1S/C13H21NO3S/c1-9-6-10(2)12(15)11(7-9)14-18(16,17)8-13(3,4)5/h6-7,14-15H,8H2,1-5H3. The SMILES string of the molecule is Cc1cc(C)c(O)c(NS(=O)(=O)CC(C)(C)C)c1. The van der Waals surface area contributed by atoms with Crippen molar-refractivity contribution in [1.29, 1.82) is 0 Å². The molecule has 0 atom stereocenters. The maximum Gasteiger partial charge on any atom is 0.233 e. The van der Waals surface area contributed by atoms with E-state index in [1.165, 1.54) is 0 Å². The Morgan fingerprint density at radius 2 is 1.78 bits per heavy atom. The van der Waals surface area contributed by atoms with E-state index in [2.05, 4.69) is 4.72 Å². The van der Waals surface area contributed by atoms with Gasteiger partial charge >= 0.3 is 0 Å². The van der Waals surface area contributed by atoms with Crippen molar-refractivity contribution < 1.29 is 13.5 Å². The quantitative estimate of drug-likeness (QED) is 0.831. The molecular formula is C13H21NO3S. The van der Waals surface area contributed by atoms with E-state index >= 15 is 0 Å². The largest absolute Gasteiger partial charge is 0.505 e. The van der Waals surface area contributed by atoms with Crippen LogP contribution in [0.5, 0.6) is 5.75 Å². The second-order valence-electron chi connectivity index (χ2n) is 5.90. The van der Waals surface area contributed by atoms with Crippen LogP contribution in [0.3, 0.4) is 0 Å². The first kappa shape index (κ1) is 14.8. The lowest BCUT2D eigenvalue weighted by molar-refractivity contribution is 0.461. The highest BCUT2D eigenvalue weighted by Crippen LogP contribution is 2.30. The summed E-state index contributed by atoms with van der Waals surface area (Å²) >= 11 is 0. The Bertz CT molecular complexity index is 542. The second-order valence-corrected chi connectivity index (χ2v) is 7.62. The van der Waals surface area contributed by atoms with Crippen LogP contribution in [-0.2, 0) is 10.0 Å². The normalized spacial score (nSPS) is 12.5. The maximum absolute atomic E-state index is 12.0. The molecule has 0 saturated heterocycles. The Balaban J connectivity index is 3.05. The molecule has 0 aromatic heterocycles. The summed E-state index contributed by atoms with van der Waals surface area (Å²) in [4.78, 5) is 0. The van der Waals surface area contributed by atoms with Crippen LogP contribution < -0.4 is 4.72 Å². The monoisotopic (exact) mass is 271 g/mol. The lowest BCUT2D eigenvalue weighted by Crippen LogP contribution is -2.26. The molecule has 102 valence electrons. The molecule has 1 aromatic rings. The Hall–Kier alpha value is -1.23. The van der Waals surface area contributed by atoms with Gasteiger partial charge in [-0.15, -0.1) is 0 Å². The summed E-state index contributed by atoms with van der Waals surface area (Å²) in [6.45, 7) is 9.16. The van der Waals surface area contributed by atoms with Crippen LogP contribution in [0.25, 0.3) is 0 Å². The van der Waals surface area contributed by atoms with Gasteiger partial charge in [-0.3, -0.25) is 4.72 Å². The number of anilines is 1. The van der Waals surface area contributed by atoms with Gasteiger partial charge in [-0.1, -0.05) is 26.8 Å². The first-order valence-corrected chi connectivity index (χ1v) is 7.46. The molecule has 0 fully saturated rings. The second kappa shape index (κ2) is 4.80. The van der Waals surface area contributed by atoms with Crippen molar-refractivity contribution in [3.05, 3.63) is 23.3 Å². The summed E-state index contributed by atoms with van der Waals surface area (Å²) in [6, 6.07) is 3.43. The van der Waals surface area contributed by atoms with E-state index in [1.807, 2.05) is 27.7 Å². The van der Waals surface area contributed by atoms with E-state index in [1.54, 1.807) is 19.1 Å². The molecule has 0 bridgehead atoms. The van der Waals surface area contributed by atoms with Crippen LogP contribution in [0.1, 0.15) is 31.9 Å². The Labute approximate surface area is 109 Å². The molecule has 1 rings (SSSR count). The number of rotatable bonds is 3. The maximum atomic E-state index is 12.0. The summed E-state index contributed by atoms with van der Waals surface area (Å²) in [7, 11) is -3.46. The van der Waals surface area contributed by atoms with Crippen LogP contribution >= 0.6 is 0 Å². The number of hydrogen-bond donors (Lipinski definition) is 2. The summed E-state index contributed by atoms with van der Waals surface area (Å²) in [5, 5.41) is 9.86. The highest BCUT2D eigenvalue weighted by molar-refractivity contribution is 7.92. The summed E-state index contributed by atoms with van der Waals surface area (Å²) in [6.07, 6.45) is 0. The van der Waals surface area contributed by atoms with Crippen LogP contribution in [0, 0.1) is 19.3 Å². The fourth-order valence-electron chi connectivity index (χ4n) is 1.81. The highest BCUT2D eigenvalue weighted by Gasteiger charge is 2.22. The fraction of sp³-hybridized carbons (Fsp3) is 0.538.